The molecule has 1 aromatic heterocycles. The molecule has 1 saturated carbocycles. The SMILES string of the molecule is C[C@@H]1[C@H](C)CCC[C@H]1NC(=O)CSc1nnc(-c2ccc(C(C)(C)C)cc2)o1. The van der Waals surface area contributed by atoms with Gasteiger partial charge in [-0.3, -0.25) is 4.79 Å². The van der Waals surface area contributed by atoms with Crippen molar-refractivity contribution in [3.63, 3.8) is 0 Å². The average Bonchev–Trinajstić information content (AvgIpc) is 3.12. The van der Waals surface area contributed by atoms with Crippen LogP contribution in [0.3, 0.4) is 0 Å². The van der Waals surface area contributed by atoms with Crippen LogP contribution in [0, 0.1) is 11.8 Å². The van der Waals surface area contributed by atoms with Gasteiger partial charge in [0.05, 0.1) is 5.75 Å². The Morgan fingerprint density at radius 1 is 1.18 bits per heavy atom. The van der Waals surface area contributed by atoms with Crippen LogP contribution in [0.5, 0.6) is 0 Å². The van der Waals surface area contributed by atoms with Gasteiger partial charge < -0.3 is 9.73 Å². The molecule has 5 nitrogen and oxygen atoms in total. The summed E-state index contributed by atoms with van der Waals surface area (Å²) in [4.78, 5) is 12.3. The number of aromatic nitrogens is 2. The third-order valence-electron chi connectivity index (χ3n) is 5.78. The Labute approximate surface area is 172 Å². The maximum Gasteiger partial charge on any atom is 0.277 e. The topological polar surface area (TPSA) is 68.0 Å². The average molecular weight is 402 g/mol. The van der Waals surface area contributed by atoms with E-state index in [1.807, 2.05) is 12.1 Å². The van der Waals surface area contributed by atoms with Gasteiger partial charge in [-0.15, -0.1) is 10.2 Å². The van der Waals surface area contributed by atoms with E-state index in [-0.39, 0.29) is 17.4 Å². The maximum absolute atomic E-state index is 12.3. The minimum absolute atomic E-state index is 0.0326. The molecule has 0 aliphatic heterocycles. The Kier molecular flexibility index (Phi) is 6.48. The van der Waals surface area contributed by atoms with Gasteiger partial charge in [-0.2, -0.15) is 0 Å². The van der Waals surface area contributed by atoms with Gasteiger partial charge in [0.15, 0.2) is 0 Å². The molecule has 0 bridgehead atoms. The summed E-state index contributed by atoms with van der Waals surface area (Å²) in [6.07, 6.45) is 3.51. The third kappa shape index (κ3) is 5.16. The van der Waals surface area contributed by atoms with Crippen molar-refractivity contribution in [1.29, 1.82) is 0 Å². The van der Waals surface area contributed by atoms with Gasteiger partial charge in [0.2, 0.25) is 11.8 Å². The minimum Gasteiger partial charge on any atom is -0.411 e. The van der Waals surface area contributed by atoms with Crippen LogP contribution >= 0.6 is 11.8 Å². The van der Waals surface area contributed by atoms with E-state index in [0.717, 1.165) is 12.0 Å². The molecule has 28 heavy (non-hydrogen) atoms. The molecule has 2 aromatic rings. The van der Waals surface area contributed by atoms with Crippen molar-refractivity contribution >= 4 is 17.7 Å². The highest BCUT2D eigenvalue weighted by Gasteiger charge is 2.28. The lowest BCUT2D eigenvalue weighted by Crippen LogP contribution is -2.44. The molecule has 1 heterocycles. The first kappa shape index (κ1) is 20.9. The van der Waals surface area contributed by atoms with Crippen LogP contribution in [0.1, 0.15) is 59.4 Å². The monoisotopic (exact) mass is 401 g/mol. The first-order valence-electron chi connectivity index (χ1n) is 10.1. The number of carbonyl (C=O) groups excluding carboxylic acids is 1. The highest BCUT2D eigenvalue weighted by Crippen LogP contribution is 2.30. The Balaban J connectivity index is 1.54. The number of hydrogen-bond donors (Lipinski definition) is 1. The van der Waals surface area contributed by atoms with Crippen molar-refractivity contribution in [2.75, 3.05) is 5.75 Å². The van der Waals surface area contributed by atoms with E-state index in [1.54, 1.807) is 0 Å². The van der Waals surface area contributed by atoms with Crippen molar-refractivity contribution < 1.29 is 9.21 Å². The number of benzene rings is 1. The lowest BCUT2D eigenvalue weighted by Gasteiger charge is -2.34. The normalized spacial score (nSPS) is 22.8. The lowest BCUT2D eigenvalue weighted by atomic mass is 9.78. The fourth-order valence-corrected chi connectivity index (χ4v) is 4.23. The van der Waals surface area contributed by atoms with Crippen LogP contribution in [-0.2, 0) is 10.2 Å². The van der Waals surface area contributed by atoms with Crippen LogP contribution in [-0.4, -0.2) is 27.9 Å². The van der Waals surface area contributed by atoms with E-state index in [2.05, 4.69) is 62.3 Å². The molecule has 0 radical (unpaired) electrons. The first-order valence-corrected chi connectivity index (χ1v) is 11.1. The third-order valence-corrected chi connectivity index (χ3v) is 6.60. The quantitative estimate of drug-likeness (QED) is 0.709. The molecule has 0 spiro atoms. The van der Waals surface area contributed by atoms with Crippen molar-refractivity contribution in [2.24, 2.45) is 11.8 Å². The van der Waals surface area contributed by atoms with Gasteiger partial charge in [-0.25, -0.2) is 0 Å². The fourth-order valence-electron chi connectivity index (χ4n) is 3.66. The summed E-state index contributed by atoms with van der Waals surface area (Å²) in [5, 5.41) is 11.8. The van der Waals surface area contributed by atoms with Gasteiger partial charge >= 0.3 is 0 Å². The first-order chi connectivity index (χ1) is 13.2. The second-order valence-electron chi connectivity index (χ2n) is 8.93. The molecule has 1 aromatic carbocycles. The maximum atomic E-state index is 12.3. The summed E-state index contributed by atoms with van der Waals surface area (Å²) >= 11 is 1.29. The highest BCUT2D eigenvalue weighted by atomic mass is 32.2. The Morgan fingerprint density at radius 2 is 1.89 bits per heavy atom. The van der Waals surface area contributed by atoms with Crippen LogP contribution < -0.4 is 5.32 Å². The number of nitrogens with one attached hydrogen (secondary N) is 1. The Bertz CT molecular complexity index is 795. The van der Waals surface area contributed by atoms with Gasteiger partial charge in [-0.05, 0) is 41.4 Å². The molecule has 3 atom stereocenters. The number of amides is 1. The molecule has 0 saturated heterocycles. The zero-order chi connectivity index (χ0) is 20.3. The molecule has 1 N–H and O–H groups in total. The fraction of sp³-hybridized carbons (Fsp3) is 0.591. The molecule has 0 unspecified atom stereocenters. The summed E-state index contributed by atoms with van der Waals surface area (Å²) in [7, 11) is 0. The number of hydrogen-bond acceptors (Lipinski definition) is 5. The van der Waals surface area contributed by atoms with Gasteiger partial charge in [0.25, 0.3) is 5.22 Å². The van der Waals surface area contributed by atoms with Crippen LogP contribution in [0.4, 0.5) is 0 Å². The smallest absolute Gasteiger partial charge is 0.277 e. The zero-order valence-corrected chi connectivity index (χ0v) is 18.3. The van der Waals surface area contributed by atoms with E-state index < -0.39 is 0 Å². The summed E-state index contributed by atoms with van der Waals surface area (Å²) in [5.74, 6) is 1.99. The predicted molar refractivity (Wildman–Crippen MR) is 113 cm³/mol. The van der Waals surface area contributed by atoms with Gasteiger partial charge in [0, 0.05) is 11.6 Å². The molecule has 152 valence electrons. The summed E-state index contributed by atoms with van der Waals surface area (Å²) < 4.78 is 5.73. The van der Waals surface area contributed by atoms with E-state index in [1.165, 1.54) is 30.2 Å². The number of nitrogens with zero attached hydrogens (tertiary/aromatic N) is 2. The largest absolute Gasteiger partial charge is 0.411 e. The standard InChI is InChI=1S/C22H31N3O2S/c1-14-7-6-8-18(15(14)2)23-19(26)13-28-21-25-24-20(27-21)16-9-11-17(12-10-16)22(3,4)5/h9-12,14-15,18H,6-8,13H2,1-5H3,(H,23,26)/t14-,15-,18-/m1/s1. The van der Waals surface area contributed by atoms with Crippen molar-refractivity contribution in [2.45, 2.75) is 70.6 Å². The van der Waals surface area contributed by atoms with E-state index in [4.69, 9.17) is 4.42 Å². The van der Waals surface area contributed by atoms with E-state index in [0.29, 0.717) is 28.7 Å². The molecule has 1 aliphatic carbocycles. The van der Waals surface area contributed by atoms with Gasteiger partial charge in [-0.1, -0.05) is 71.4 Å². The summed E-state index contributed by atoms with van der Waals surface area (Å²) in [6, 6.07) is 8.46. The van der Waals surface area contributed by atoms with Crippen molar-refractivity contribution in [3.8, 4) is 11.5 Å². The van der Waals surface area contributed by atoms with E-state index in [9.17, 15) is 4.79 Å². The van der Waals surface area contributed by atoms with Crippen molar-refractivity contribution in [1.82, 2.24) is 15.5 Å². The number of thioether (sulfide) groups is 1. The van der Waals surface area contributed by atoms with Crippen molar-refractivity contribution in [3.05, 3.63) is 29.8 Å². The molecule has 1 amide bonds. The number of rotatable bonds is 5. The Hall–Kier alpha value is -1.82. The van der Waals surface area contributed by atoms with Crippen LogP contribution in [0.25, 0.3) is 11.5 Å². The minimum atomic E-state index is 0.0326. The van der Waals surface area contributed by atoms with Crippen LogP contribution in [0.15, 0.2) is 33.9 Å². The molecule has 3 rings (SSSR count). The molecule has 1 aliphatic rings. The lowest BCUT2D eigenvalue weighted by molar-refractivity contribution is -0.120. The van der Waals surface area contributed by atoms with Crippen LogP contribution in [0.2, 0.25) is 0 Å². The molecule has 6 heteroatoms. The molecular weight excluding hydrogens is 370 g/mol. The Morgan fingerprint density at radius 3 is 2.57 bits per heavy atom. The molecule has 1 fully saturated rings. The second-order valence-corrected chi connectivity index (χ2v) is 9.86. The van der Waals surface area contributed by atoms with Gasteiger partial charge in [0.1, 0.15) is 0 Å². The summed E-state index contributed by atoms with van der Waals surface area (Å²) in [6.45, 7) is 11.1. The highest BCUT2D eigenvalue weighted by molar-refractivity contribution is 7.99. The second kappa shape index (κ2) is 8.68. The number of carbonyl (C=O) groups is 1. The summed E-state index contributed by atoms with van der Waals surface area (Å²) in [5.41, 5.74) is 2.25. The molecular formula is C22H31N3O2S. The predicted octanol–water partition coefficient (Wildman–Crippen LogP) is 5.07. The zero-order valence-electron chi connectivity index (χ0n) is 17.5. The van der Waals surface area contributed by atoms with E-state index >= 15 is 0 Å².